The maximum Gasteiger partial charge on any atom is 0.254 e. The number of benzene rings is 1. The Morgan fingerprint density at radius 2 is 2.11 bits per heavy atom. The molecule has 1 aromatic heterocycles. The summed E-state index contributed by atoms with van der Waals surface area (Å²) < 4.78 is 5.29. The predicted molar refractivity (Wildman–Crippen MR) is 109 cm³/mol. The number of anilines is 1. The fourth-order valence-corrected chi connectivity index (χ4v) is 5.35. The van der Waals surface area contributed by atoms with E-state index in [9.17, 15) is 9.59 Å². The summed E-state index contributed by atoms with van der Waals surface area (Å²) in [6.07, 6.45) is 6.50. The number of thiazole rings is 1. The van der Waals surface area contributed by atoms with Crippen molar-refractivity contribution in [3.63, 3.8) is 0 Å². The summed E-state index contributed by atoms with van der Waals surface area (Å²) in [5, 5.41) is 5.43. The number of amides is 2. The molecule has 0 unspecified atom stereocenters. The highest BCUT2D eigenvalue weighted by Crippen LogP contribution is 2.49. The molecule has 1 aromatic carbocycles. The summed E-state index contributed by atoms with van der Waals surface area (Å²) >= 11 is 1.40. The van der Waals surface area contributed by atoms with E-state index in [1.165, 1.54) is 11.3 Å². The molecule has 0 bridgehead atoms. The zero-order valence-corrected chi connectivity index (χ0v) is 16.8. The Balaban J connectivity index is 1.81. The van der Waals surface area contributed by atoms with Crippen LogP contribution in [0.25, 0.3) is 0 Å². The fourth-order valence-electron chi connectivity index (χ4n) is 4.81. The van der Waals surface area contributed by atoms with Crippen LogP contribution in [-0.4, -0.2) is 47.5 Å². The predicted octanol–water partition coefficient (Wildman–Crippen LogP) is 3.67. The summed E-state index contributed by atoms with van der Waals surface area (Å²) in [5.74, 6) is -0.491. The molecule has 0 saturated heterocycles. The van der Waals surface area contributed by atoms with Crippen molar-refractivity contribution in [2.24, 2.45) is 0 Å². The minimum absolute atomic E-state index is 0.00727. The van der Waals surface area contributed by atoms with Crippen LogP contribution in [0, 0.1) is 0 Å². The Kier molecular flexibility index (Phi) is 5.46. The Morgan fingerprint density at radius 1 is 1.32 bits per heavy atom. The SMILES string of the molecule is COCCN1C(=O)c2ccccc2[C@@H](C(=O)Nc2nccs2)C12CCCCC2. The first-order valence-electron chi connectivity index (χ1n) is 9.77. The standard InChI is InChI=1S/C21H25N3O3S/c1-27-13-12-24-19(26)16-8-4-3-7-15(16)17(21(24)9-5-2-6-10-21)18(25)23-20-22-11-14-28-20/h3-4,7-8,11,14,17H,2,5-6,9-10,12-13H2,1H3,(H,22,23,25)/t17-/m0/s1. The minimum Gasteiger partial charge on any atom is -0.383 e. The topological polar surface area (TPSA) is 71.5 Å². The molecule has 1 spiro atoms. The van der Waals surface area contributed by atoms with Crippen LogP contribution < -0.4 is 5.32 Å². The van der Waals surface area contributed by atoms with Gasteiger partial charge in [0, 0.05) is 30.8 Å². The van der Waals surface area contributed by atoms with Crippen molar-refractivity contribution in [3.05, 3.63) is 47.0 Å². The Labute approximate surface area is 168 Å². The van der Waals surface area contributed by atoms with Gasteiger partial charge in [-0.15, -0.1) is 11.3 Å². The lowest BCUT2D eigenvalue weighted by atomic mass is 9.65. The van der Waals surface area contributed by atoms with Gasteiger partial charge < -0.3 is 15.0 Å². The van der Waals surface area contributed by atoms with Crippen LogP contribution in [0.4, 0.5) is 5.13 Å². The molecule has 1 saturated carbocycles. The molecule has 1 N–H and O–H groups in total. The number of fused-ring (bicyclic) bond motifs is 1. The highest BCUT2D eigenvalue weighted by molar-refractivity contribution is 7.13. The molecule has 2 aromatic rings. The summed E-state index contributed by atoms with van der Waals surface area (Å²) in [7, 11) is 1.64. The van der Waals surface area contributed by atoms with Crippen molar-refractivity contribution in [2.45, 2.75) is 43.6 Å². The van der Waals surface area contributed by atoms with Gasteiger partial charge in [0.15, 0.2) is 5.13 Å². The summed E-state index contributed by atoms with van der Waals surface area (Å²) in [4.78, 5) is 33.1. The third-order valence-electron chi connectivity index (χ3n) is 5.99. The number of hydrogen-bond acceptors (Lipinski definition) is 5. The fraction of sp³-hybridized carbons (Fsp3) is 0.476. The van der Waals surface area contributed by atoms with Crippen molar-refractivity contribution in [3.8, 4) is 0 Å². The zero-order chi connectivity index (χ0) is 19.6. The van der Waals surface area contributed by atoms with Gasteiger partial charge in [-0.25, -0.2) is 4.98 Å². The van der Waals surface area contributed by atoms with Crippen LogP contribution in [0.15, 0.2) is 35.8 Å². The molecule has 2 amide bonds. The molecule has 0 radical (unpaired) electrons. The summed E-state index contributed by atoms with van der Waals surface area (Å²) in [6, 6.07) is 7.54. The van der Waals surface area contributed by atoms with Crippen LogP contribution in [0.5, 0.6) is 0 Å². The van der Waals surface area contributed by atoms with Crippen LogP contribution in [-0.2, 0) is 9.53 Å². The first-order valence-corrected chi connectivity index (χ1v) is 10.7. The molecular formula is C21H25N3O3S. The van der Waals surface area contributed by atoms with E-state index in [-0.39, 0.29) is 11.8 Å². The van der Waals surface area contributed by atoms with Gasteiger partial charge in [-0.3, -0.25) is 9.59 Å². The Bertz CT molecular complexity index is 846. The maximum atomic E-state index is 13.5. The van der Waals surface area contributed by atoms with Gasteiger partial charge in [0.05, 0.1) is 18.1 Å². The van der Waals surface area contributed by atoms with E-state index in [0.29, 0.717) is 23.8 Å². The third-order valence-corrected chi connectivity index (χ3v) is 6.67. The van der Waals surface area contributed by atoms with Gasteiger partial charge in [0.25, 0.3) is 5.91 Å². The van der Waals surface area contributed by atoms with Crippen molar-refractivity contribution < 1.29 is 14.3 Å². The zero-order valence-electron chi connectivity index (χ0n) is 16.0. The lowest BCUT2D eigenvalue weighted by molar-refractivity contribution is -0.122. The van der Waals surface area contributed by atoms with Gasteiger partial charge in [-0.2, -0.15) is 0 Å². The van der Waals surface area contributed by atoms with Gasteiger partial charge in [-0.1, -0.05) is 37.5 Å². The summed E-state index contributed by atoms with van der Waals surface area (Å²) in [5.41, 5.74) is 0.940. The quantitative estimate of drug-likeness (QED) is 0.833. The molecule has 1 aliphatic carbocycles. The lowest BCUT2D eigenvalue weighted by Gasteiger charge is -2.53. The number of carbonyl (C=O) groups excluding carboxylic acids is 2. The molecule has 148 valence electrons. The number of methoxy groups -OCH3 is 1. The molecule has 2 heterocycles. The van der Waals surface area contributed by atoms with E-state index in [0.717, 1.165) is 37.7 Å². The van der Waals surface area contributed by atoms with E-state index >= 15 is 0 Å². The second kappa shape index (κ2) is 8.01. The van der Waals surface area contributed by atoms with Crippen molar-refractivity contribution >= 4 is 28.3 Å². The molecule has 2 aliphatic rings. The van der Waals surface area contributed by atoms with Gasteiger partial charge in [0.2, 0.25) is 5.91 Å². The highest BCUT2D eigenvalue weighted by Gasteiger charge is 2.54. The number of nitrogens with one attached hydrogen (secondary N) is 1. The van der Waals surface area contributed by atoms with Crippen LogP contribution in [0.1, 0.15) is 53.9 Å². The van der Waals surface area contributed by atoms with E-state index in [1.54, 1.807) is 13.3 Å². The molecule has 1 aliphatic heterocycles. The van der Waals surface area contributed by atoms with Crippen LogP contribution >= 0.6 is 11.3 Å². The number of nitrogens with zero attached hydrogens (tertiary/aromatic N) is 2. The number of hydrogen-bond donors (Lipinski definition) is 1. The third kappa shape index (κ3) is 3.22. The smallest absolute Gasteiger partial charge is 0.254 e. The largest absolute Gasteiger partial charge is 0.383 e. The maximum absolute atomic E-state index is 13.5. The van der Waals surface area contributed by atoms with E-state index in [4.69, 9.17) is 4.74 Å². The average Bonchev–Trinajstić information content (AvgIpc) is 3.22. The molecule has 7 heteroatoms. The second-order valence-electron chi connectivity index (χ2n) is 7.46. The van der Waals surface area contributed by atoms with Gasteiger partial charge in [-0.05, 0) is 24.5 Å². The molecule has 4 rings (SSSR count). The molecular weight excluding hydrogens is 374 g/mol. The van der Waals surface area contributed by atoms with Crippen molar-refractivity contribution in [1.82, 2.24) is 9.88 Å². The normalized spacial score (nSPS) is 20.8. The monoisotopic (exact) mass is 399 g/mol. The number of carbonyl (C=O) groups is 2. The number of rotatable bonds is 5. The van der Waals surface area contributed by atoms with E-state index in [1.807, 2.05) is 34.5 Å². The lowest BCUT2D eigenvalue weighted by Crippen LogP contribution is -2.62. The van der Waals surface area contributed by atoms with E-state index in [2.05, 4.69) is 10.3 Å². The first-order chi connectivity index (χ1) is 13.7. The van der Waals surface area contributed by atoms with Gasteiger partial charge >= 0.3 is 0 Å². The summed E-state index contributed by atoms with van der Waals surface area (Å²) in [6.45, 7) is 0.946. The van der Waals surface area contributed by atoms with Crippen molar-refractivity contribution in [2.75, 3.05) is 25.6 Å². The Morgan fingerprint density at radius 3 is 2.82 bits per heavy atom. The highest BCUT2D eigenvalue weighted by atomic mass is 32.1. The van der Waals surface area contributed by atoms with E-state index < -0.39 is 11.5 Å². The average molecular weight is 400 g/mol. The second-order valence-corrected chi connectivity index (χ2v) is 8.36. The van der Waals surface area contributed by atoms with Crippen LogP contribution in [0.3, 0.4) is 0 Å². The Hall–Kier alpha value is -2.25. The number of aromatic nitrogens is 1. The van der Waals surface area contributed by atoms with Crippen molar-refractivity contribution in [1.29, 1.82) is 0 Å². The minimum atomic E-state index is -0.510. The molecule has 6 nitrogen and oxygen atoms in total. The van der Waals surface area contributed by atoms with Gasteiger partial charge in [0.1, 0.15) is 0 Å². The van der Waals surface area contributed by atoms with Crippen LogP contribution in [0.2, 0.25) is 0 Å². The number of ether oxygens (including phenoxy) is 1. The molecule has 1 fully saturated rings. The first kappa shape index (κ1) is 19.1. The molecule has 1 atom stereocenters. The molecule has 28 heavy (non-hydrogen) atoms.